The standard InChI is InChI=1S/C13H16ClF2NO3S/c1-20-8-9-2-3-17(7-9)21(18,19)12-5-10(6-14)4-11(15)13(12)16/h4-5,9H,2-3,6-8H2,1H3. The molecule has 1 aliphatic heterocycles. The van der Waals surface area contributed by atoms with Crippen LogP contribution >= 0.6 is 11.6 Å². The predicted molar refractivity (Wildman–Crippen MR) is 74.7 cm³/mol. The lowest BCUT2D eigenvalue weighted by atomic mass is 10.1. The van der Waals surface area contributed by atoms with Crippen molar-refractivity contribution in [1.29, 1.82) is 0 Å². The van der Waals surface area contributed by atoms with E-state index in [0.717, 1.165) is 16.4 Å². The molecule has 1 aliphatic rings. The molecule has 0 N–H and O–H groups in total. The van der Waals surface area contributed by atoms with Crippen molar-refractivity contribution in [2.45, 2.75) is 17.2 Å². The molecule has 1 unspecified atom stereocenters. The normalized spacial score (nSPS) is 20.1. The van der Waals surface area contributed by atoms with E-state index in [4.69, 9.17) is 16.3 Å². The highest BCUT2D eigenvalue weighted by atomic mass is 35.5. The Labute approximate surface area is 127 Å². The van der Waals surface area contributed by atoms with Gasteiger partial charge in [-0.15, -0.1) is 11.6 Å². The predicted octanol–water partition coefficient (Wildman–Crippen LogP) is 2.36. The molecule has 1 fully saturated rings. The van der Waals surface area contributed by atoms with Crippen LogP contribution in [0, 0.1) is 17.6 Å². The van der Waals surface area contributed by atoms with Crippen LogP contribution in [-0.4, -0.2) is 39.5 Å². The fourth-order valence-corrected chi connectivity index (χ4v) is 4.22. The molecule has 2 rings (SSSR count). The summed E-state index contributed by atoms with van der Waals surface area (Å²) in [4.78, 5) is -0.656. The number of methoxy groups -OCH3 is 1. The summed E-state index contributed by atoms with van der Waals surface area (Å²) in [5.41, 5.74) is 0.224. The third-order valence-corrected chi connectivity index (χ3v) is 5.65. The Morgan fingerprint density at radius 2 is 2.14 bits per heavy atom. The lowest BCUT2D eigenvalue weighted by Crippen LogP contribution is -2.30. The number of sulfonamides is 1. The van der Waals surface area contributed by atoms with Crippen LogP contribution in [0.5, 0.6) is 0 Å². The second-order valence-corrected chi connectivity index (χ2v) is 7.17. The van der Waals surface area contributed by atoms with Crippen molar-refractivity contribution in [2.24, 2.45) is 5.92 Å². The fourth-order valence-electron chi connectivity index (χ4n) is 2.41. The number of hydrogen-bond donors (Lipinski definition) is 0. The molecule has 1 aromatic carbocycles. The molecule has 0 aliphatic carbocycles. The van der Waals surface area contributed by atoms with Crippen LogP contribution in [0.3, 0.4) is 0 Å². The van der Waals surface area contributed by atoms with Gasteiger partial charge in [-0.05, 0) is 30.0 Å². The first-order valence-electron chi connectivity index (χ1n) is 6.43. The summed E-state index contributed by atoms with van der Waals surface area (Å²) in [6, 6.07) is 1.99. The maximum atomic E-state index is 13.9. The van der Waals surface area contributed by atoms with E-state index in [-0.39, 0.29) is 30.5 Å². The Hall–Kier alpha value is -0.760. The fraction of sp³-hybridized carbons (Fsp3) is 0.538. The average molecular weight is 340 g/mol. The molecular weight excluding hydrogens is 324 g/mol. The van der Waals surface area contributed by atoms with Crippen LogP contribution in [0.15, 0.2) is 17.0 Å². The molecule has 8 heteroatoms. The summed E-state index contributed by atoms with van der Waals surface area (Å²) in [7, 11) is -2.53. The van der Waals surface area contributed by atoms with Crippen LogP contribution < -0.4 is 0 Å². The van der Waals surface area contributed by atoms with E-state index in [1.54, 1.807) is 0 Å². The number of ether oxygens (including phenoxy) is 1. The van der Waals surface area contributed by atoms with E-state index >= 15 is 0 Å². The lowest BCUT2D eigenvalue weighted by Gasteiger charge is -2.17. The molecule has 1 atom stereocenters. The number of nitrogens with zero attached hydrogens (tertiary/aromatic N) is 1. The summed E-state index contributed by atoms with van der Waals surface area (Å²) < 4.78 is 58.4. The van der Waals surface area contributed by atoms with Gasteiger partial charge in [-0.2, -0.15) is 4.31 Å². The highest BCUT2D eigenvalue weighted by molar-refractivity contribution is 7.89. The summed E-state index contributed by atoms with van der Waals surface area (Å²) in [6.45, 7) is 0.940. The second kappa shape index (κ2) is 6.56. The third-order valence-electron chi connectivity index (χ3n) is 3.48. The van der Waals surface area contributed by atoms with Gasteiger partial charge in [-0.1, -0.05) is 0 Å². The highest BCUT2D eigenvalue weighted by Crippen LogP contribution is 2.28. The second-order valence-electron chi connectivity index (χ2n) is 5.00. The molecule has 0 spiro atoms. The minimum atomic E-state index is -4.07. The molecule has 1 heterocycles. The maximum absolute atomic E-state index is 13.9. The van der Waals surface area contributed by atoms with Gasteiger partial charge in [-0.3, -0.25) is 0 Å². The SMILES string of the molecule is COCC1CCN(S(=O)(=O)c2cc(CCl)cc(F)c2F)C1. The molecule has 0 aromatic heterocycles. The first kappa shape index (κ1) is 16.6. The molecule has 1 aromatic rings. The van der Waals surface area contributed by atoms with Gasteiger partial charge in [0.1, 0.15) is 4.90 Å². The number of halogens is 3. The zero-order valence-corrected chi connectivity index (χ0v) is 13.1. The Kier molecular flexibility index (Phi) is 5.19. The maximum Gasteiger partial charge on any atom is 0.246 e. The van der Waals surface area contributed by atoms with Crippen LogP contribution in [0.4, 0.5) is 8.78 Å². The molecule has 118 valence electrons. The zero-order valence-electron chi connectivity index (χ0n) is 11.5. The molecule has 0 saturated carbocycles. The highest BCUT2D eigenvalue weighted by Gasteiger charge is 2.35. The quantitative estimate of drug-likeness (QED) is 0.774. The van der Waals surface area contributed by atoms with Crippen molar-refractivity contribution in [3.8, 4) is 0 Å². The van der Waals surface area contributed by atoms with Crippen molar-refractivity contribution in [1.82, 2.24) is 4.31 Å². The van der Waals surface area contributed by atoms with Crippen molar-refractivity contribution in [3.63, 3.8) is 0 Å². The third kappa shape index (κ3) is 3.36. The van der Waals surface area contributed by atoms with E-state index in [1.165, 1.54) is 7.11 Å². The van der Waals surface area contributed by atoms with Crippen molar-refractivity contribution in [2.75, 3.05) is 26.8 Å². The molecule has 0 radical (unpaired) electrons. The minimum absolute atomic E-state index is 0.0638. The van der Waals surface area contributed by atoms with Gasteiger partial charge in [-0.25, -0.2) is 17.2 Å². The van der Waals surface area contributed by atoms with Crippen molar-refractivity contribution in [3.05, 3.63) is 29.3 Å². The summed E-state index contributed by atoms with van der Waals surface area (Å²) in [5.74, 6) is -2.60. The van der Waals surface area contributed by atoms with E-state index < -0.39 is 26.6 Å². The summed E-state index contributed by atoms with van der Waals surface area (Å²) in [5, 5.41) is 0. The Morgan fingerprint density at radius 3 is 2.76 bits per heavy atom. The number of benzene rings is 1. The zero-order chi connectivity index (χ0) is 15.6. The van der Waals surface area contributed by atoms with Gasteiger partial charge >= 0.3 is 0 Å². The first-order valence-corrected chi connectivity index (χ1v) is 8.40. The average Bonchev–Trinajstić information content (AvgIpc) is 2.91. The first-order chi connectivity index (χ1) is 9.90. The number of rotatable bonds is 5. The molecule has 21 heavy (non-hydrogen) atoms. The van der Waals surface area contributed by atoms with E-state index in [2.05, 4.69) is 0 Å². The summed E-state index contributed by atoms with van der Waals surface area (Å²) in [6.07, 6.45) is 0.631. The topological polar surface area (TPSA) is 46.6 Å². The molecule has 0 bridgehead atoms. The van der Waals surface area contributed by atoms with Gasteiger partial charge in [0.25, 0.3) is 0 Å². The van der Waals surface area contributed by atoms with Gasteiger partial charge in [0.05, 0.1) is 6.61 Å². The lowest BCUT2D eigenvalue weighted by molar-refractivity contribution is 0.157. The molecular formula is C13H16ClF2NO3S. The van der Waals surface area contributed by atoms with E-state index in [9.17, 15) is 17.2 Å². The van der Waals surface area contributed by atoms with E-state index in [1.807, 2.05) is 0 Å². The molecule has 4 nitrogen and oxygen atoms in total. The number of alkyl halides is 1. The number of hydrogen-bond acceptors (Lipinski definition) is 3. The molecule has 1 saturated heterocycles. The monoisotopic (exact) mass is 339 g/mol. The van der Waals surface area contributed by atoms with Crippen LogP contribution in [-0.2, 0) is 20.6 Å². The van der Waals surface area contributed by atoms with Crippen LogP contribution in [0.2, 0.25) is 0 Å². The Balaban J connectivity index is 2.34. The smallest absolute Gasteiger partial charge is 0.246 e. The van der Waals surface area contributed by atoms with Gasteiger partial charge in [0, 0.05) is 26.1 Å². The van der Waals surface area contributed by atoms with Crippen LogP contribution in [0.25, 0.3) is 0 Å². The Bertz CT molecular complexity index is 624. The summed E-state index contributed by atoms with van der Waals surface area (Å²) >= 11 is 5.58. The Morgan fingerprint density at radius 1 is 1.43 bits per heavy atom. The van der Waals surface area contributed by atoms with E-state index in [0.29, 0.717) is 13.0 Å². The molecule has 0 amide bonds. The minimum Gasteiger partial charge on any atom is -0.384 e. The largest absolute Gasteiger partial charge is 0.384 e. The van der Waals surface area contributed by atoms with Crippen LogP contribution in [0.1, 0.15) is 12.0 Å². The van der Waals surface area contributed by atoms with Gasteiger partial charge in [0.2, 0.25) is 10.0 Å². The van der Waals surface area contributed by atoms with Gasteiger partial charge in [0.15, 0.2) is 11.6 Å². The van der Waals surface area contributed by atoms with Gasteiger partial charge < -0.3 is 4.74 Å². The van der Waals surface area contributed by atoms with Crippen molar-refractivity contribution < 1.29 is 21.9 Å². The van der Waals surface area contributed by atoms with Crippen molar-refractivity contribution >= 4 is 21.6 Å².